The van der Waals surface area contributed by atoms with Crippen molar-refractivity contribution in [2.24, 2.45) is 0 Å². The molecule has 0 atom stereocenters. The lowest BCUT2D eigenvalue weighted by Gasteiger charge is -2.22. The highest BCUT2D eigenvalue weighted by Crippen LogP contribution is 2.40. The number of amides is 1. The average molecular weight is 698 g/mol. The summed E-state index contributed by atoms with van der Waals surface area (Å²) in [6.45, 7) is 3.72. The normalized spacial score (nSPS) is 12.7. The van der Waals surface area contributed by atoms with Crippen LogP contribution >= 0.6 is 0 Å². The van der Waals surface area contributed by atoms with Gasteiger partial charge in [0.05, 0.1) is 0 Å². The highest BCUT2D eigenvalue weighted by Gasteiger charge is 2.33. The lowest BCUT2D eigenvalue weighted by atomic mass is 10.1. The van der Waals surface area contributed by atoms with Crippen LogP contribution < -0.4 is 13.1 Å². The first-order valence-corrected chi connectivity index (χ1v) is 18.0. The Kier molecular flexibility index (Phi) is 9.26. The lowest BCUT2D eigenvalue weighted by Crippen LogP contribution is -2.27. The van der Waals surface area contributed by atoms with Crippen molar-refractivity contribution in [1.82, 2.24) is 4.90 Å². The number of ether oxygens (including phenoxy) is 1. The second-order valence-corrected chi connectivity index (χ2v) is 14.6. The van der Waals surface area contributed by atoms with Crippen LogP contribution in [0.25, 0.3) is 0 Å². The number of benzene rings is 5. The van der Waals surface area contributed by atoms with Crippen molar-refractivity contribution < 1.29 is 39.5 Å². The molecule has 1 aliphatic heterocycles. The summed E-state index contributed by atoms with van der Waals surface area (Å²) in [7, 11) is -8.97. The van der Waals surface area contributed by atoms with Crippen molar-refractivity contribution in [1.29, 1.82) is 0 Å². The fourth-order valence-corrected chi connectivity index (χ4v) is 7.20. The van der Waals surface area contributed by atoms with Crippen LogP contribution in [0.1, 0.15) is 48.5 Å². The van der Waals surface area contributed by atoms with E-state index < -0.39 is 31.9 Å². The molecule has 5 aromatic carbocycles. The van der Waals surface area contributed by atoms with Crippen molar-refractivity contribution in [2.75, 3.05) is 0 Å². The van der Waals surface area contributed by atoms with E-state index in [2.05, 4.69) is 0 Å². The summed E-state index contributed by atoms with van der Waals surface area (Å²) in [5, 5.41) is 0. The van der Waals surface area contributed by atoms with Gasteiger partial charge in [0.25, 0.3) is 5.91 Å². The zero-order valence-electron chi connectivity index (χ0n) is 26.5. The largest absolute Gasteiger partial charge is 0.488 e. The molecular formula is C37H31NO9S2. The molecule has 0 N–H and O–H groups in total. The Morgan fingerprint density at radius 3 is 1.92 bits per heavy atom. The number of nitrogens with zero attached hydrogens (tertiary/aromatic N) is 1. The summed E-state index contributed by atoms with van der Waals surface area (Å²) in [5.41, 5.74) is 3.94. The Morgan fingerprint density at radius 2 is 1.31 bits per heavy atom. The van der Waals surface area contributed by atoms with E-state index in [-0.39, 0.29) is 46.5 Å². The monoisotopic (exact) mass is 697 g/mol. The zero-order valence-corrected chi connectivity index (χ0v) is 28.2. The first-order valence-electron chi connectivity index (χ1n) is 15.2. The Bertz CT molecular complexity index is 2250. The van der Waals surface area contributed by atoms with Crippen LogP contribution in [0.4, 0.5) is 0 Å². The molecule has 0 aliphatic carbocycles. The summed E-state index contributed by atoms with van der Waals surface area (Å²) < 4.78 is 71.2. The van der Waals surface area contributed by atoms with Gasteiger partial charge in [0.1, 0.15) is 39.7 Å². The average Bonchev–Trinajstić information content (AvgIpc) is 3.52. The van der Waals surface area contributed by atoms with Gasteiger partial charge < -0.3 is 18.0 Å². The molecule has 1 aliphatic rings. The maximum atomic E-state index is 14.4. The summed E-state index contributed by atoms with van der Waals surface area (Å²) >= 11 is 0. The lowest BCUT2D eigenvalue weighted by molar-refractivity contribution is 0.0743. The van der Waals surface area contributed by atoms with Gasteiger partial charge in [-0.3, -0.25) is 9.59 Å². The summed E-state index contributed by atoms with van der Waals surface area (Å²) in [6, 6.07) is 28.3. The molecule has 0 bridgehead atoms. The SMILES string of the molecule is Cc1ccc(S(=O)(=O)Oc2cc(OCc3ccccc3)c(C(=O)N3Cc4cccc(C=O)c4C3)c(OS(=O)(=O)c3ccc(C)cc3)c2)cc1. The molecule has 1 amide bonds. The Morgan fingerprint density at radius 1 is 0.714 bits per heavy atom. The molecule has 6 rings (SSSR count). The minimum absolute atomic E-state index is 0.0606. The second-order valence-electron chi connectivity index (χ2n) is 11.5. The molecular weight excluding hydrogens is 667 g/mol. The first kappa shape index (κ1) is 33.4. The summed E-state index contributed by atoms with van der Waals surface area (Å²) in [4.78, 5) is 27.3. The highest BCUT2D eigenvalue weighted by molar-refractivity contribution is 7.87. The van der Waals surface area contributed by atoms with E-state index >= 15 is 0 Å². The van der Waals surface area contributed by atoms with Crippen LogP contribution in [0.2, 0.25) is 0 Å². The van der Waals surface area contributed by atoms with Gasteiger partial charge in [-0.1, -0.05) is 83.9 Å². The topological polar surface area (TPSA) is 133 Å². The zero-order chi connectivity index (χ0) is 34.8. The standard InChI is InChI=1S/C37H31NO9S2/c1-25-11-15-31(16-12-25)48(41,42)46-30-19-34(45-24-27-7-4-3-5-8-27)36(35(20-30)47-49(43,44)32-17-13-26(2)14-18-32)37(40)38-21-28-9-6-10-29(23-39)33(28)22-38/h3-20,23H,21-22,24H2,1-2H3. The fourth-order valence-electron chi connectivity index (χ4n) is 5.35. The van der Waals surface area contributed by atoms with E-state index in [1.165, 1.54) is 35.2 Å². The molecule has 49 heavy (non-hydrogen) atoms. The van der Waals surface area contributed by atoms with Gasteiger partial charge in [-0.2, -0.15) is 16.8 Å². The summed E-state index contributed by atoms with van der Waals surface area (Å²) in [6.07, 6.45) is 0.713. The van der Waals surface area contributed by atoms with Crippen LogP contribution in [-0.4, -0.2) is 33.9 Å². The van der Waals surface area contributed by atoms with Crippen LogP contribution in [0, 0.1) is 13.8 Å². The number of hydrogen-bond donors (Lipinski definition) is 0. The molecule has 0 fully saturated rings. The minimum atomic E-state index is -4.55. The Balaban J connectivity index is 1.48. The minimum Gasteiger partial charge on any atom is -0.488 e. The number of hydrogen-bond acceptors (Lipinski definition) is 9. The van der Waals surface area contributed by atoms with Gasteiger partial charge in [-0.05, 0) is 54.8 Å². The molecule has 0 saturated carbocycles. The number of aldehydes is 1. The highest BCUT2D eigenvalue weighted by atomic mass is 32.2. The van der Waals surface area contributed by atoms with Gasteiger partial charge in [-0.25, -0.2) is 0 Å². The maximum Gasteiger partial charge on any atom is 0.339 e. The summed E-state index contributed by atoms with van der Waals surface area (Å²) in [5.74, 6) is -1.69. The molecule has 250 valence electrons. The third-order valence-electron chi connectivity index (χ3n) is 7.95. The first-order chi connectivity index (χ1) is 23.4. The number of rotatable bonds is 11. The third kappa shape index (κ3) is 7.35. The molecule has 10 nitrogen and oxygen atoms in total. The quantitative estimate of drug-likeness (QED) is 0.114. The van der Waals surface area contributed by atoms with E-state index in [1.54, 1.807) is 80.6 Å². The van der Waals surface area contributed by atoms with Crippen molar-refractivity contribution >= 4 is 32.4 Å². The number of carbonyl (C=O) groups is 2. The Hall–Kier alpha value is -5.46. The van der Waals surface area contributed by atoms with Crippen LogP contribution in [0.3, 0.4) is 0 Å². The van der Waals surface area contributed by atoms with E-state index in [1.807, 2.05) is 6.07 Å². The molecule has 0 spiro atoms. The number of aryl methyl sites for hydroxylation is 2. The van der Waals surface area contributed by atoms with Gasteiger partial charge in [0, 0.05) is 30.8 Å². The predicted molar refractivity (Wildman–Crippen MR) is 181 cm³/mol. The van der Waals surface area contributed by atoms with Gasteiger partial charge in [0.15, 0.2) is 5.75 Å². The van der Waals surface area contributed by atoms with E-state index in [9.17, 15) is 26.4 Å². The van der Waals surface area contributed by atoms with Gasteiger partial charge >= 0.3 is 20.2 Å². The molecule has 5 aromatic rings. The molecule has 0 radical (unpaired) electrons. The van der Waals surface area contributed by atoms with Gasteiger partial charge in [0.2, 0.25) is 0 Å². The van der Waals surface area contributed by atoms with Crippen molar-refractivity contribution in [3.63, 3.8) is 0 Å². The van der Waals surface area contributed by atoms with Crippen molar-refractivity contribution in [2.45, 2.75) is 43.3 Å². The van der Waals surface area contributed by atoms with Crippen LogP contribution in [-0.2, 0) is 39.9 Å². The molecule has 12 heteroatoms. The van der Waals surface area contributed by atoms with Crippen molar-refractivity contribution in [3.05, 3.63) is 148 Å². The maximum absolute atomic E-state index is 14.4. The van der Waals surface area contributed by atoms with E-state index in [0.717, 1.165) is 28.3 Å². The molecule has 0 unspecified atom stereocenters. The number of carbonyl (C=O) groups excluding carboxylic acids is 2. The van der Waals surface area contributed by atoms with Crippen molar-refractivity contribution in [3.8, 4) is 17.2 Å². The van der Waals surface area contributed by atoms with Gasteiger partial charge in [-0.15, -0.1) is 0 Å². The third-order valence-corrected chi connectivity index (χ3v) is 10.5. The smallest absolute Gasteiger partial charge is 0.339 e. The predicted octanol–water partition coefficient (Wildman–Crippen LogP) is 6.39. The van der Waals surface area contributed by atoms with Crippen LogP contribution in [0.15, 0.2) is 119 Å². The molecule has 0 saturated heterocycles. The number of fused-ring (bicyclic) bond motifs is 1. The molecule has 1 heterocycles. The fraction of sp³-hybridized carbons (Fsp3) is 0.135. The Labute approximate surface area is 284 Å². The van der Waals surface area contributed by atoms with Crippen LogP contribution in [0.5, 0.6) is 17.2 Å². The molecule has 0 aromatic heterocycles. The van der Waals surface area contributed by atoms with E-state index in [4.69, 9.17) is 13.1 Å². The van der Waals surface area contributed by atoms with E-state index in [0.29, 0.717) is 17.4 Å². The second kappa shape index (κ2) is 13.6.